The molecule has 4 rings (SSSR count). The molecule has 1 aromatic heterocycles. The molecule has 24 heavy (non-hydrogen) atoms. The van der Waals surface area contributed by atoms with Crippen LogP contribution in [-0.4, -0.2) is 11.6 Å². The van der Waals surface area contributed by atoms with Crippen LogP contribution in [0, 0.1) is 23.2 Å². The largest absolute Gasteiger partial charge is 0.368 e. The lowest BCUT2D eigenvalue weighted by Crippen LogP contribution is -2.35. The summed E-state index contributed by atoms with van der Waals surface area (Å²) in [5.74, 6) is 0.917. The van der Waals surface area contributed by atoms with E-state index in [2.05, 4.69) is 23.6 Å². The summed E-state index contributed by atoms with van der Waals surface area (Å²) in [5, 5.41) is 12.4. The first-order valence-corrected chi connectivity index (χ1v) is 9.72. The molecule has 2 aliphatic rings. The van der Waals surface area contributed by atoms with E-state index in [1.54, 1.807) is 11.3 Å². The molecular weight excluding hydrogens is 316 g/mol. The SMILES string of the molecule is N#C[C@H]1CC[C@@](OCC2CC2)(c2nc(-c3ccccc3)cs2)CC1. The third kappa shape index (κ3) is 3.24. The highest BCUT2D eigenvalue weighted by Crippen LogP contribution is 2.45. The number of nitrogens with zero attached hydrogens (tertiary/aromatic N) is 2. The van der Waals surface area contributed by atoms with Crippen LogP contribution in [0.2, 0.25) is 0 Å². The van der Waals surface area contributed by atoms with Gasteiger partial charge in [0.05, 0.1) is 18.4 Å². The molecule has 0 bridgehead atoms. The van der Waals surface area contributed by atoms with Gasteiger partial charge in [-0.1, -0.05) is 30.3 Å². The molecule has 0 saturated heterocycles. The molecule has 3 nitrogen and oxygen atoms in total. The van der Waals surface area contributed by atoms with Crippen molar-refractivity contribution in [1.29, 1.82) is 5.26 Å². The summed E-state index contributed by atoms with van der Waals surface area (Å²) in [6.45, 7) is 0.845. The van der Waals surface area contributed by atoms with Crippen molar-refractivity contribution in [1.82, 2.24) is 4.98 Å². The van der Waals surface area contributed by atoms with Gasteiger partial charge in [0.15, 0.2) is 0 Å². The highest BCUT2D eigenvalue weighted by atomic mass is 32.1. The Bertz CT molecular complexity index is 722. The molecule has 0 atom stereocenters. The molecule has 2 aliphatic carbocycles. The summed E-state index contributed by atoms with van der Waals surface area (Å²) in [4.78, 5) is 4.94. The smallest absolute Gasteiger partial charge is 0.125 e. The van der Waals surface area contributed by atoms with Crippen LogP contribution in [0.3, 0.4) is 0 Å². The zero-order valence-electron chi connectivity index (χ0n) is 13.8. The standard InChI is InChI=1S/C20H22N2OS/c21-12-15-8-10-20(11-9-15,23-13-16-6-7-16)19-22-18(14-24-19)17-4-2-1-3-5-17/h1-5,14-16H,6-11,13H2/t15-,20-. The molecule has 0 unspecified atom stereocenters. The van der Waals surface area contributed by atoms with Crippen molar-refractivity contribution in [3.8, 4) is 17.3 Å². The molecule has 0 spiro atoms. The van der Waals surface area contributed by atoms with Crippen molar-refractivity contribution >= 4 is 11.3 Å². The van der Waals surface area contributed by atoms with E-state index in [0.29, 0.717) is 0 Å². The van der Waals surface area contributed by atoms with E-state index in [0.717, 1.165) is 54.5 Å². The van der Waals surface area contributed by atoms with Crippen molar-refractivity contribution in [3.63, 3.8) is 0 Å². The molecule has 2 saturated carbocycles. The van der Waals surface area contributed by atoms with Gasteiger partial charge in [-0.3, -0.25) is 0 Å². The highest BCUT2D eigenvalue weighted by molar-refractivity contribution is 7.10. The number of hydrogen-bond donors (Lipinski definition) is 0. The maximum Gasteiger partial charge on any atom is 0.125 e. The van der Waals surface area contributed by atoms with Crippen molar-refractivity contribution < 1.29 is 4.74 Å². The maximum absolute atomic E-state index is 9.21. The molecular formula is C20H22N2OS. The molecule has 0 amide bonds. The van der Waals surface area contributed by atoms with E-state index in [-0.39, 0.29) is 11.5 Å². The van der Waals surface area contributed by atoms with E-state index in [1.807, 2.05) is 18.2 Å². The molecule has 1 heterocycles. The van der Waals surface area contributed by atoms with Crippen LogP contribution in [-0.2, 0) is 10.3 Å². The fourth-order valence-corrected chi connectivity index (χ4v) is 4.46. The van der Waals surface area contributed by atoms with Gasteiger partial charge in [-0.05, 0) is 44.4 Å². The highest BCUT2D eigenvalue weighted by Gasteiger charge is 2.41. The number of aromatic nitrogens is 1. The average Bonchev–Trinajstić information content (AvgIpc) is 3.34. The summed E-state index contributed by atoms with van der Waals surface area (Å²) in [7, 11) is 0. The Morgan fingerprint density at radius 3 is 2.58 bits per heavy atom. The molecule has 4 heteroatoms. The minimum Gasteiger partial charge on any atom is -0.368 e. The van der Waals surface area contributed by atoms with Gasteiger partial charge in [0, 0.05) is 16.9 Å². The zero-order valence-corrected chi connectivity index (χ0v) is 14.6. The predicted octanol–water partition coefficient (Wildman–Crippen LogP) is 5.15. The molecule has 1 aromatic carbocycles. The van der Waals surface area contributed by atoms with Gasteiger partial charge >= 0.3 is 0 Å². The third-order valence-electron chi connectivity index (χ3n) is 5.23. The normalized spacial score (nSPS) is 26.9. The van der Waals surface area contributed by atoms with Crippen molar-refractivity contribution in [3.05, 3.63) is 40.7 Å². The first-order chi connectivity index (χ1) is 11.8. The lowest BCUT2D eigenvalue weighted by Gasteiger charge is -2.37. The predicted molar refractivity (Wildman–Crippen MR) is 95.5 cm³/mol. The van der Waals surface area contributed by atoms with E-state index in [4.69, 9.17) is 9.72 Å². The van der Waals surface area contributed by atoms with E-state index in [1.165, 1.54) is 12.8 Å². The van der Waals surface area contributed by atoms with E-state index >= 15 is 0 Å². The Hall–Kier alpha value is -1.70. The lowest BCUT2D eigenvalue weighted by molar-refractivity contribution is -0.0848. The molecule has 2 aromatic rings. The van der Waals surface area contributed by atoms with Crippen LogP contribution in [0.15, 0.2) is 35.7 Å². The van der Waals surface area contributed by atoms with Gasteiger partial charge in [0.2, 0.25) is 0 Å². The Labute approximate surface area is 147 Å². The fraction of sp³-hybridized carbons (Fsp3) is 0.500. The second-order valence-corrected chi connectivity index (χ2v) is 7.91. The van der Waals surface area contributed by atoms with Gasteiger partial charge in [0.1, 0.15) is 10.6 Å². The molecule has 124 valence electrons. The topological polar surface area (TPSA) is 45.9 Å². The number of thiazole rings is 1. The van der Waals surface area contributed by atoms with Crippen LogP contribution in [0.5, 0.6) is 0 Å². The molecule has 2 fully saturated rings. The number of nitriles is 1. The van der Waals surface area contributed by atoms with Gasteiger partial charge in [-0.2, -0.15) is 5.26 Å². The first-order valence-electron chi connectivity index (χ1n) is 8.84. The monoisotopic (exact) mass is 338 g/mol. The van der Waals surface area contributed by atoms with Gasteiger partial charge in [0.25, 0.3) is 0 Å². The Morgan fingerprint density at radius 1 is 1.17 bits per heavy atom. The quantitative estimate of drug-likeness (QED) is 0.758. The Kier molecular flexibility index (Phi) is 4.39. The van der Waals surface area contributed by atoms with E-state index in [9.17, 15) is 5.26 Å². The second-order valence-electron chi connectivity index (χ2n) is 7.06. The van der Waals surface area contributed by atoms with Crippen molar-refractivity contribution in [2.24, 2.45) is 11.8 Å². The first kappa shape index (κ1) is 15.8. The minimum atomic E-state index is -0.270. The van der Waals surface area contributed by atoms with Crippen LogP contribution >= 0.6 is 11.3 Å². The molecule has 0 radical (unpaired) electrons. The van der Waals surface area contributed by atoms with Crippen molar-refractivity contribution in [2.45, 2.75) is 44.1 Å². The summed E-state index contributed by atoms with van der Waals surface area (Å²) in [6.07, 6.45) is 6.26. The Balaban J connectivity index is 1.59. The number of benzene rings is 1. The van der Waals surface area contributed by atoms with Crippen LogP contribution in [0.1, 0.15) is 43.5 Å². The molecule has 0 aliphatic heterocycles. The summed E-state index contributed by atoms with van der Waals surface area (Å²) in [5.41, 5.74) is 1.92. The lowest BCUT2D eigenvalue weighted by atomic mass is 9.79. The summed E-state index contributed by atoms with van der Waals surface area (Å²) in [6, 6.07) is 12.8. The average molecular weight is 338 g/mol. The summed E-state index contributed by atoms with van der Waals surface area (Å²) < 4.78 is 6.46. The number of rotatable bonds is 5. The Morgan fingerprint density at radius 2 is 1.92 bits per heavy atom. The van der Waals surface area contributed by atoms with E-state index < -0.39 is 0 Å². The van der Waals surface area contributed by atoms with Gasteiger partial charge < -0.3 is 4.74 Å². The minimum absolute atomic E-state index is 0.177. The molecule has 0 N–H and O–H groups in total. The summed E-state index contributed by atoms with van der Waals surface area (Å²) >= 11 is 1.71. The third-order valence-corrected chi connectivity index (χ3v) is 6.26. The number of hydrogen-bond acceptors (Lipinski definition) is 4. The van der Waals surface area contributed by atoms with Crippen LogP contribution in [0.4, 0.5) is 0 Å². The van der Waals surface area contributed by atoms with Crippen molar-refractivity contribution in [2.75, 3.05) is 6.61 Å². The van der Waals surface area contributed by atoms with Gasteiger partial charge in [-0.15, -0.1) is 11.3 Å². The maximum atomic E-state index is 9.21. The second kappa shape index (κ2) is 6.66. The number of ether oxygens (including phenoxy) is 1. The van der Waals surface area contributed by atoms with Crippen LogP contribution in [0.25, 0.3) is 11.3 Å². The van der Waals surface area contributed by atoms with Gasteiger partial charge in [-0.25, -0.2) is 4.98 Å². The fourth-order valence-electron chi connectivity index (χ4n) is 3.42. The zero-order chi connectivity index (χ0) is 16.4. The van der Waals surface area contributed by atoms with Crippen LogP contribution < -0.4 is 0 Å².